The molecule has 3 nitrogen and oxygen atoms in total. The van der Waals surface area contributed by atoms with Gasteiger partial charge in [0.15, 0.2) is 0 Å². The minimum absolute atomic E-state index is 0.358. The van der Waals surface area contributed by atoms with Crippen molar-refractivity contribution in [2.45, 2.75) is 76.5 Å². The third-order valence-electron chi connectivity index (χ3n) is 5.72. The van der Waals surface area contributed by atoms with Gasteiger partial charge in [-0.2, -0.15) is 0 Å². The van der Waals surface area contributed by atoms with E-state index in [2.05, 4.69) is 24.1 Å². The van der Waals surface area contributed by atoms with E-state index in [1.807, 2.05) is 0 Å². The van der Waals surface area contributed by atoms with Crippen LogP contribution in [0.5, 0.6) is 0 Å². The van der Waals surface area contributed by atoms with Gasteiger partial charge in [-0.25, -0.2) is 0 Å². The fourth-order valence-electron chi connectivity index (χ4n) is 4.01. The zero-order valence-corrected chi connectivity index (χ0v) is 13.4. The summed E-state index contributed by atoms with van der Waals surface area (Å²) in [5.74, 6) is 0.914. The molecule has 0 spiro atoms. The van der Waals surface area contributed by atoms with Gasteiger partial charge in [-0.15, -0.1) is 0 Å². The molecule has 3 heteroatoms. The first-order chi connectivity index (χ1) is 9.67. The Balaban J connectivity index is 1.43. The summed E-state index contributed by atoms with van der Waals surface area (Å²) in [7, 11) is 0. The van der Waals surface area contributed by atoms with Crippen LogP contribution in [0.1, 0.15) is 58.8 Å². The molecule has 1 heterocycles. The highest BCUT2D eigenvalue weighted by Gasteiger charge is 2.45. The maximum atomic E-state index is 6.12. The van der Waals surface area contributed by atoms with Crippen LogP contribution in [0.25, 0.3) is 0 Å². The van der Waals surface area contributed by atoms with Gasteiger partial charge in [0.1, 0.15) is 0 Å². The van der Waals surface area contributed by atoms with Crippen LogP contribution in [0.15, 0.2) is 0 Å². The van der Waals surface area contributed by atoms with Crippen molar-refractivity contribution >= 4 is 0 Å². The van der Waals surface area contributed by atoms with Gasteiger partial charge in [0.05, 0.1) is 12.7 Å². The van der Waals surface area contributed by atoms with Gasteiger partial charge in [0, 0.05) is 31.2 Å². The molecule has 1 N–H and O–H groups in total. The van der Waals surface area contributed by atoms with Crippen molar-refractivity contribution in [1.29, 1.82) is 0 Å². The van der Waals surface area contributed by atoms with E-state index >= 15 is 0 Å². The predicted molar refractivity (Wildman–Crippen MR) is 83.0 cm³/mol. The standard InChI is InChI=1S/C17H32N2O/c1-14-12-18-17(2,15-8-9-15)13-19(14)10-11-20-16-6-4-3-5-7-16/h14-16,18H,3-13H2,1-2H3. The maximum Gasteiger partial charge on any atom is 0.0597 e. The summed E-state index contributed by atoms with van der Waals surface area (Å²) >= 11 is 0. The normalized spacial score (nSPS) is 37.2. The molecule has 2 saturated carbocycles. The van der Waals surface area contributed by atoms with Gasteiger partial charge in [-0.3, -0.25) is 4.90 Å². The second-order valence-electron chi connectivity index (χ2n) is 7.52. The minimum Gasteiger partial charge on any atom is -0.377 e. The molecule has 0 radical (unpaired) electrons. The summed E-state index contributed by atoms with van der Waals surface area (Å²) in [4.78, 5) is 2.65. The molecule has 0 bridgehead atoms. The van der Waals surface area contributed by atoms with E-state index in [1.54, 1.807) is 0 Å². The van der Waals surface area contributed by atoms with E-state index in [9.17, 15) is 0 Å². The van der Waals surface area contributed by atoms with E-state index in [-0.39, 0.29) is 0 Å². The monoisotopic (exact) mass is 280 g/mol. The van der Waals surface area contributed by atoms with Crippen LogP contribution in [0.4, 0.5) is 0 Å². The van der Waals surface area contributed by atoms with Crippen molar-refractivity contribution < 1.29 is 4.74 Å². The molecule has 20 heavy (non-hydrogen) atoms. The highest BCUT2D eigenvalue weighted by atomic mass is 16.5. The Bertz CT molecular complexity index is 312. The van der Waals surface area contributed by atoms with E-state index in [0.717, 1.165) is 25.6 Å². The van der Waals surface area contributed by atoms with Crippen LogP contribution >= 0.6 is 0 Å². The van der Waals surface area contributed by atoms with Crippen molar-refractivity contribution in [3.63, 3.8) is 0 Å². The Morgan fingerprint density at radius 1 is 1.15 bits per heavy atom. The molecule has 2 atom stereocenters. The largest absolute Gasteiger partial charge is 0.377 e. The van der Waals surface area contributed by atoms with E-state index in [1.165, 1.54) is 51.5 Å². The summed E-state index contributed by atoms with van der Waals surface area (Å²) in [6, 6.07) is 0.650. The second-order valence-corrected chi connectivity index (χ2v) is 7.52. The van der Waals surface area contributed by atoms with Gasteiger partial charge >= 0.3 is 0 Å². The average Bonchev–Trinajstić information content (AvgIpc) is 3.29. The first-order valence-corrected chi connectivity index (χ1v) is 8.78. The van der Waals surface area contributed by atoms with Crippen LogP contribution in [0, 0.1) is 5.92 Å². The fourth-order valence-corrected chi connectivity index (χ4v) is 4.01. The number of piperazine rings is 1. The lowest BCUT2D eigenvalue weighted by molar-refractivity contribution is -0.00280. The summed E-state index contributed by atoms with van der Waals surface area (Å²) in [6.45, 7) is 9.15. The number of ether oxygens (including phenoxy) is 1. The number of hydrogen-bond donors (Lipinski definition) is 1. The third-order valence-corrected chi connectivity index (χ3v) is 5.72. The van der Waals surface area contributed by atoms with E-state index in [0.29, 0.717) is 17.7 Å². The Hall–Kier alpha value is -0.120. The molecule has 0 amide bonds. The smallest absolute Gasteiger partial charge is 0.0597 e. The Morgan fingerprint density at radius 3 is 2.60 bits per heavy atom. The molecule has 3 aliphatic rings. The molecule has 1 aliphatic heterocycles. The SMILES string of the molecule is CC1CNC(C)(C2CC2)CN1CCOC1CCCCC1. The first-order valence-electron chi connectivity index (χ1n) is 8.78. The summed E-state index contributed by atoms with van der Waals surface area (Å²) in [5.41, 5.74) is 0.358. The summed E-state index contributed by atoms with van der Waals surface area (Å²) < 4.78 is 6.12. The maximum absolute atomic E-state index is 6.12. The second kappa shape index (κ2) is 6.33. The zero-order valence-electron chi connectivity index (χ0n) is 13.4. The zero-order chi connectivity index (χ0) is 14.0. The molecule has 1 saturated heterocycles. The Morgan fingerprint density at radius 2 is 1.90 bits per heavy atom. The van der Waals surface area contributed by atoms with Crippen molar-refractivity contribution in [3.05, 3.63) is 0 Å². The van der Waals surface area contributed by atoms with Gasteiger partial charge in [0.2, 0.25) is 0 Å². The molecule has 0 aromatic rings. The number of rotatable bonds is 5. The molecular formula is C17H32N2O. The highest BCUT2D eigenvalue weighted by Crippen LogP contribution is 2.41. The number of hydrogen-bond acceptors (Lipinski definition) is 3. The third kappa shape index (κ3) is 3.55. The molecule has 3 fully saturated rings. The van der Waals surface area contributed by atoms with Crippen LogP contribution < -0.4 is 5.32 Å². The summed E-state index contributed by atoms with van der Waals surface area (Å²) in [6.07, 6.45) is 10.1. The molecule has 0 aromatic heterocycles. The molecule has 116 valence electrons. The lowest BCUT2D eigenvalue weighted by Crippen LogP contribution is -2.63. The van der Waals surface area contributed by atoms with Gasteiger partial charge in [-0.05, 0) is 45.4 Å². The van der Waals surface area contributed by atoms with Gasteiger partial charge in [-0.1, -0.05) is 19.3 Å². The molecular weight excluding hydrogens is 248 g/mol. The molecule has 2 aliphatic carbocycles. The van der Waals surface area contributed by atoms with Crippen molar-refractivity contribution in [2.24, 2.45) is 5.92 Å². The van der Waals surface area contributed by atoms with Crippen LogP contribution in [0.2, 0.25) is 0 Å². The number of nitrogens with one attached hydrogen (secondary N) is 1. The van der Waals surface area contributed by atoms with Crippen LogP contribution in [-0.2, 0) is 4.74 Å². The van der Waals surface area contributed by atoms with Crippen molar-refractivity contribution in [3.8, 4) is 0 Å². The number of nitrogens with zero attached hydrogens (tertiary/aromatic N) is 1. The minimum atomic E-state index is 0.358. The lowest BCUT2D eigenvalue weighted by atomic mass is 9.91. The Kier molecular flexibility index (Phi) is 4.68. The van der Waals surface area contributed by atoms with Crippen LogP contribution in [-0.4, -0.2) is 48.8 Å². The quantitative estimate of drug-likeness (QED) is 0.838. The van der Waals surface area contributed by atoms with Crippen molar-refractivity contribution in [2.75, 3.05) is 26.2 Å². The highest BCUT2D eigenvalue weighted by molar-refractivity contribution is 5.03. The predicted octanol–water partition coefficient (Wildman–Crippen LogP) is 2.80. The first kappa shape index (κ1) is 14.8. The summed E-state index contributed by atoms with van der Waals surface area (Å²) in [5, 5.41) is 3.79. The fraction of sp³-hybridized carbons (Fsp3) is 1.00. The average molecular weight is 280 g/mol. The lowest BCUT2D eigenvalue weighted by Gasteiger charge is -2.45. The molecule has 0 aromatic carbocycles. The Labute approximate surface area is 124 Å². The molecule has 3 rings (SSSR count). The van der Waals surface area contributed by atoms with Gasteiger partial charge < -0.3 is 10.1 Å². The van der Waals surface area contributed by atoms with Crippen molar-refractivity contribution in [1.82, 2.24) is 10.2 Å². The topological polar surface area (TPSA) is 24.5 Å². The van der Waals surface area contributed by atoms with Gasteiger partial charge in [0.25, 0.3) is 0 Å². The van der Waals surface area contributed by atoms with Crippen LogP contribution in [0.3, 0.4) is 0 Å². The molecule has 2 unspecified atom stereocenters. The van der Waals surface area contributed by atoms with E-state index < -0.39 is 0 Å². The van der Waals surface area contributed by atoms with E-state index in [4.69, 9.17) is 4.74 Å².